The normalized spacial score (nSPS) is 22.7. The van der Waals surface area contributed by atoms with Gasteiger partial charge >= 0.3 is 0 Å². The third-order valence-corrected chi connectivity index (χ3v) is 2.76. The van der Waals surface area contributed by atoms with E-state index >= 15 is 0 Å². The molecule has 1 aliphatic rings. The molecule has 3 N–H and O–H groups in total. The number of rotatable bonds is 6. The first kappa shape index (κ1) is 12.5. The molecule has 88 valence electrons. The van der Waals surface area contributed by atoms with Gasteiger partial charge in [0.1, 0.15) is 6.10 Å². The summed E-state index contributed by atoms with van der Waals surface area (Å²) in [6.45, 7) is 3.36. The van der Waals surface area contributed by atoms with Gasteiger partial charge in [-0.1, -0.05) is 19.8 Å². The van der Waals surface area contributed by atoms with Crippen molar-refractivity contribution in [3.63, 3.8) is 0 Å². The van der Waals surface area contributed by atoms with E-state index in [1.165, 1.54) is 0 Å². The summed E-state index contributed by atoms with van der Waals surface area (Å²) in [4.78, 5) is 11.7. The fourth-order valence-corrected chi connectivity index (χ4v) is 1.78. The molecule has 1 saturated heterocycles. The second-order valence-corrected chi connectivity index (χ2v) is 4.09. The molecule has 0 spiro atoms. The highest BCUT2D eigenvalue weighted by atomic mass is 16.5. The summed E-state index contributed by atoms with van der Waals surface area (Å²) in [5.74, 6) is 0.0130. The van der Waals surface area contributed by atoms with Crippen molar-refractivity contribution in [2.24, 2.45) is 5.73 Å². The van der Waals surface area contributed by atoms with Crippen LogP contribution in [0.4, 0.5) is 0 Å². The van der Waals surface area contributed by atoms with Crippen LogP contribution in [0, 0.1) is 0 Å². The van der Waals surface area contributed by atoms with E-state index in [-0.39, 0.29) is 18.1 Å². The monoisotopic (exact) mass is 214 g/mol. The van der Waals surface area contributed by atoms with E-state index in [2.05, 4.69) is 12.2 Å². The average Bonchev–Trinajstić information content (AvgIpc) is 2.77. The Labute approximate surface area is 91.5 Å². The van der Waals surface area contributed by atoms with Gasteiger partial charge in [-0.2, -0.15) is 0 Å². The number of carbonyl (C=O) groups is 1. The van der Waals surface area contributed by atoms with E-state index in [0.29, 0.717) is 13.2 Å². The molecule has 1 aliphatic heterocycles. The molecule has 0 aliphatic carbocycles. The number of nitrogens with one attached hydrogen (secondary N) is 1. The molecule has 2 atom stereocenters. The zero-order valence-corrected chi connectivity index (χ0v) is 9.50. The van der Waals surface area contributed by atoms with E-state index in [1.54, 1.807) is 0 Å². The van der Waals surface area contributed by atoms with Crippen LogP contribution in [0.5, 0.6) is 0 Å². The van der Waals surface area contributed by atoms with E-state index in [9.17, 15) is 4.79 Å². The summed E-state index contributed by atoms with van der Waals surface area (Å²) >= 11 is 0. The molecule has 0 saturated carbocycles. The number of unbranched alkanes of at least 4 members (excludes halogenated alkanes) is 1. The van der Waals surface area contributed by atoms with Crippen molar-refractivity contribution in [3.05, 3.63) is 0 Å². The van der Waals surface area contributed by atoms with Crippen molar-refractivity contribution in [1.82, 2.24) is 5.32 Å². The molecule has 4 heteroatoms. The van der Waals surface area contributed by atoms with Gasteiger partial charge in [0, 0.05) is 19.2 Å². The zero-order chi connectivity index (χ0) is 11.1. The van der Waals surface area contributed by atoms with Crippen LogP contribution < -0.4 is 11.1 Å². The molecule has 4 nitrogen and oxygen atoms in total. The number of nitrogens with two attached hydrogens (primary N) is 1. The lowest BCUT2D eigenvalue weighted by Gasteiger charge is -2.18. The molecule has 0 radical (unpaired) electrons. The number of amides is 1. The van der Waals surface area contributed by atoms with Gasteiger partial charge in [0.25, 0.3) is 0 Å². The van der Waals surface area contributed by atoms with E-state index < -0.39 is 0 Å². The summed E-state index contributed by atoms with van der Waals surface area (Å²) in [6, 6.07) is 0.113. The first-order chi connectivity index (χ1) is 7.27. The Morgan fingerprint density at radius 1 is 1.67 bits per heavy atom. The number of carbonyl (C=O) groups excluding carboxylic acids is 1. The Bertz CT molecular complexity index is 191. The molecule has 0 bridgehead atoms. The van der Waals surface area contributed by atoms with Crippen LogP contribution in [0.15, 0.2) is 0 Å². The minimum atomic E-state index is -0.235. The van der Waals surface area contributed by atoms with Crippen LogP contribution in [0.2, 0.25) is 0 Å². The smallest absolute Gasteiger partial charge is 0.249 e. The summed E-state index contributed by atoms with van der Waals surface area (Å²) in [5, 5.41) is 2.95. The predicted octanol–water partition coefficient (Wildman–Crippen LogP) is 0.799. The maximum atomic E-state index is 11.7. The van der Waals surface area contributed by atoms with Crippen LogP contribution in [-0.2, 0) is 9.53 Å². The average molecular weight is 214 g/mol. The molecule has 1 rings (SSSR count). The summed E-state index contributed by atoms with van der Waals surface area (Å²) in [5.41, 5.74) is 5.60. The number of hydrogen-bond donors (Lipinski definition) is 2. The Balaban J connectivity index is 2.26. The van der Waals surface area contributed by atoms with E-state index in [1.807, 2.05) is 0 Å². The Kier molecular flexibility index (Phi) is 5.65. The molecule has 1 heterocycles. The lowest BCUT2D eigenvalue weighted by molar-refractivity contribution is -0.130. The van der Waals surface area contributed by atoms with Crippen LogP contribution in [0.1, 0.15) is 39.0 Å². The fourth-order valence-electron chi connectivity index (χ4n) is 1.78. The molecule has 0 aromatic rings. The maximum Gasteiger partial charge on any atom is 0.249 e. The Morgan fingerprint density at radius 3 is 3.00 bits per heavy atom. The minimum Gasteiger partial charge on any atom is -0.368 e. The Morgan fingerprint density at radius 2 is 2.47 bits per heavy atom. The lowest BCUT2D eigenvalue weighted by atomic mass is 10.1. The van der Waals surface area contributed by atoms with Gasteiger partial charge in [0.15, 0.2) is 0 Å². The number of ether oxygens (including phenoxy) is 1. The van der Waals surface area contributed by atoms with Crippen molar-refractivity contribution in [1.29, 1.82) is 0 Å². The highest BCUT2D eigenvalue weighted by molar-refractivity contribution is 5.81. The molecule has 0 aromatic heterocycles. The van der Waals surface area contributed by atoms with Crippen molar-refractivity contribution in [2.75, 3.05) is 13.2 Å². The third-order valence-electron chi connectivity index (χ3n) is 2.76. The van der Waals surface area contributed by atoms with E-state index in [0.717, 1.165) is 32.1 Å². The van der Waals surface area contributed by atoms with Gasteiger partial charge in [0.2, 0.25) is 5.91 Å². The minimum absolute atomic E-state index is 0.0130. The summed E-state index contributed by atoms with van der Waals surface area (Å²) in [7, 11) is 0. The Hall–Kier alpha value is -0.610. The molecule has 2 unspecified atom stereocenters. The van der Waals surface area contributed by atoms with Gasteiger partial charge in [-0.15, -0.1) is 0 Å². The van der Waals surface area contributed by atoms with Crippen molar-refractivity contribution < 1.29 is 9.53 Å². The van der Waals surface area contributed by atoms with Gasteiger partial charge in [-0.05, 0) is 19.3 Å². The first-order valence-electron chi connectivity index (χ1n) is 5.90. The summed E-state index contributed by atoms with van der Waals surface area (Å²) < 4.78 is 5.31. The van der Waals surface area contributed by atoms with E-state index in [4.69, 9.17) is 10.5 Å². The second kappa shape index (κ2) is 6.80. The molecule has 0 aromatic carbocycles. The lowest BCUT2D eigenvalue weighted by Crippen LogP contribution is -2.44. The maximum absolute atomic E-state index is 11.7. The van der Waals surface area contributed by atoms with Crippen LogP contribution in [0.25, 0.3) is 0 Å². The molecule has 1 amide bonds. The van der Waals surface area contributed by atoms with Crippen LogP contribution >= 0.6 is 0 Å². The predicted molar refractivity (Wildman–Crippen MR) is 59.5 cm³/mol. The molecule has 1 fully saturated rings. The van der Waals surface area contributed by atoms with Crippen molar-refractivity contribution >= 4 is 5.91 Å². The number of hydrogen-bond acceptors (Lipinski definition) is 3. The standard InChI is InChI=1S/C11H22N2O2/c1-2-3-5-9(8-12)13-11(14)10-6-4-7-15-10/h9-10H,2-8,12H2,1H3,(H,13,14). The third kappa shape index (κ3) is 4.18. The fraction of sp³-hybridized carbons (Fsp3) is 0.909. The summed E-state index contributed by atoms with van der Waals surface area (Å²) in [6.07, 6.45) is 4.79. The highest BCUT2D eigenvalue weighted by Crippen LogP contribution is 2.12. The quantitative estimate of drug-likeness (QED) is 0.687. The SMILES string of the molecule is CCCCC(CN)NC(=O)C1CCCO1. The molecule has 15 heavy (non-hydrogen) atoms. The topological polar surface area (TPSA) is 64.3 Å². The van der Waals surface area contributed by atoms with Gasteiger partial charge in [0.05, 0.1) is 0 Å². The molecular formula is C11H22N2O2. The molecular weight excluding hydrogens is 192 g/mol. The van der Waals surface area contributed by atoms with Gasteiger partial charge in [-0.25, -0.2) is 0 Å². The second-order valence-electron chi connectivity index (χ2n) is 4.09. The van der Waals surface area contributed by atoms with Crippen LogP contribution in [-0.4, -0.2) is 31.2 Å². The van der Waals surface area contributed by atoms with Crippen LogP contribution in [0.3, 0.4) is 0 Å². The first-order valence-corrected chi connectivity index (χ1v) is 5.90. The van der Waals surface area contributed by atoms with Crippen molar-refractivity contribution in [3.8, 4) is 0 Å². The van der Waals surface area contributed by atoms with Crippen molar-refractivity contribution in [2.45, 2.75) is 51.2 Å². The zero-order valence-electron chi connectivity index (χ0n) is 9.50. The van der Waals surface area contributed by atoms with Gasteiger partial charge < -0.3 is 15.8 Å². The van der Waals surface area contributed by atoms with Gasteiger partial charge in [-0.3, -0.25) is 4.79 Å². The largest absolute Gasteiger partial charge is 0.368 e. The highest BCUT2D eigenvalue weighted by Gasteiger charge is 2.24.